The quantitative estimate of drug-likeness (QED) is 0.725. The Balaban J connectivity index is 2.76. The molecule has 1 rings (SSSR count). The van der Waals surface area contributed by atoms with E-state index in [2.05, 4.69) is 5.32 Å². The van der Waals surface area contributed by atoms with Crippen LogP contribution >= 0.6 is 0 Å². The van der Waals surface area contributed by atoms with Crippen LogP contribution in [0.2, 0.25) is 0 Å². The summed E-state index contributed by atoms with van der Waals surface area (Å²) in [4.78, 5) is 10.4. The summed E-state index contributed by atoms with van der Waals surface area (Å²) >= 11 is 0. The van der Waals surface area contributed by atoms with Crippen molar-refractivity contribution in [3.05, 3.63) is 35.6 Å². The van der Waals surface area contributed by atoms with Gasteiger partial charge in [0.05, 0.1) is 0 Å². The van der Waals surface area contributed by atoms with Crippen LogP contribution in [-0.4, -0.2) is 19.9 Å². The first kappa shape index (κ1) is 10.9. The van der Waals surface area contributed by atoms with Gasteiger partial charge >= 0.3 is 0 Å². The van der Waals surface area contributed by atoms with Gasteiger partial charge in [-0.3, -0.25) is 0 Å². The van der Waals surface area contributed by atoms with E-state index < -0.39 is 0 Å². The number of hydrogen-bond donors (Lipinski definition) is 1. The standard InChI is InChI=1S/C11H14FNO/c1-13-8-10(6-7-14)9-2-4-11(12)5-3-9/h2-5,7,10,13H,6,8H2,1H3. The average molecular weight is 195 g/mol. The van der Waals surface area contributed by atoms with Crippen molar-refractivity contribution in [3.8, 4) is 0 Å². The molecule has 0 saturated carbocycles. The van der Waals surface area contributed by atoms with E-state index in [-0.39, 0.29) is 11.7 Å². The molecule has 0 heterocycles. The molecule has 0 radical (unpaired) electrons. The van der Waals surface area contributed by atoms with E-state index in [1.807, 2.05) is 7.05 Å². The summed E-state index contributed by atoms with van der Waals surface area (Å²) < 4.78 is 12.6. The molecular formula is C11H14FNO. The number of halogens is 1. The first-order chi connectivity index (χ1) is 6.77. The van der Waals surface area contributed by atoms with E-state index in [4.69, 9.17) is 0 Å². The van der Waals surface area contributed by atoms with Crippen LogP contribution in [0.1, 0.15) is 17.9 Å². The molecule has 0 spiro atoms. The summed E-state index contributed by atoms with van der Waals surface area (Å²) in [5.74, 6) is -0.110. The zero-order chi connectivity index (χ0) is 10.4. The van der Waals surface area contributed by atoms with Crippen molar-refractivity contribution in [1.29, 1.82) is 0 Å². The highest BCUT2D eigenvalue weighted by Gasteiger charge is 2.09. The number of likely N-dealkylation sites (N-methyl/N-ethyl adjacent to an activating group) is 1. The normalized spacial score (nSPS) is 12.4. The first-order valence-electron chi connectivity index (χ1n) is 4.61. The van der Waals surface area contributed by atoms with Crippen LogP contribution in [0.25, 0.3) is 0 Å². The molecule has 0 bridgehead atoms. The molecule has 0 aromatic heterocycles. The van der Waals surface area contributed by atoms with Gasteiger partial charge in [0.15, 0.2) is 0 Å². The van der Waals surface area contributed by atoms with E-state index in [1.165, 1.54) is 12.1 Å². The molecule has 0 aliphatic rings. The molecule has 0 fully saturated rings. The highest BCUT2D eigenvalue weighted by Crippen LogP contribution is 2.17. The van der Waals surface area contributed by atoms with Gasteiger partial charge in [-0.15, -0.1) is 0 Å². The van der Waals surface area contributed by atoms with Gasteiger partial charge in [0, 0.05) is 18.9 Å². The number of carbonyl (C=O) groups is 1. The lowest BCUT2D eigenvalue weighted by Crippen LogP contribution is -2.17. The molecule has 1 aromatic carbocycles. The number of benzene rings is 1. The average Bonchev–Trinajstić information content (AvgIpc) is 2.19. The topological polar surface area (TPSA) is 29.1 Å². The largest absolute Gasteiger partial charge is 0.319 e. The Hall–Kier alpha value is -1.22. The number of carbonyl (C=O) groups excluding carboxylic acids is 1. The molecular weight excluding hydrogens is 181 g/mol. The van der Waals surface area contributed by atoms with Gasteiger partial charge in [0.25, 0.3) is 0 Å². The SMILES string of the molecule is CNCC(CC=O)c1ccc(F)cc1. The van der Waals surface area contributed by atoms with Crippen molar-refractivity contribution in [2.45, 2.75) is 12.3 Å². The lowest BCUT2D eigenvalue weighted by atomic mass is 9.96. The second-order valence-electron chi connectivity index (χ2n) is 3.21. The molecule has 3 heteroatoms. The second-order valence-corrected chi connectivity index (χ2v) is 3.21. The van der Waals surface area contributed by atoms with Crippen LogP contribution in [0.3, 0.4) is 0 Å². The monoisotopic (exact) mass is 195 g/mol. The van der Waals surface area contributed by atoms with Gasteiger partial charge in [-0.05, 0) is 24.7 Å². The van der Waals surface area contributed by atoms with Crippen LogP contribution in [0, 0.1) is 5.82 Å². The molecule has 0 amide bonds. The predicted octanol–water partition coefficient (Wildman–Crippen LogP) is 1.72. The summed E-state index contributed by atoms with van der Waals surface area (Å²) in [5.41, 5.74) is 0.993. The minimum absolute atomic E-state index is 0.137. The van der Waals surface area contributed by atoms with Gasteiger partial charge in [0.2, 0.25) is 0 Å². The van der Waals surface area contributed by atoms with Crippen molar-refractivity contribution in [2.75, 3.05) is 13.6 Å². The van der Waals surface area contributed by atoms with Crippen LogP contribution < -0.4 is 5.32 Å². The Morgan fingerprint density at radius 2 is 2.07 bits per heavy atom. The van der Waals surface area contributed by atoms with Crippen molar-refractivity contribution in [3.63, 3.8) is 0 Å². The number of rotatable bonds is 5. The molecule has 1 aromatic rings. The summed E-state index contributed by atoms with van der Waals surface area (Å²) in [5, 5.41) is 3.01. The summed E-state index contributed by atoms with van der Waals surface area (Å²) in [6.45, 7) is 0.727. The Morgan fingerprint density at radius 3 is 2.57 bits per heavy atom. The molecule has 1 atom stereocenters. The van der Waals surface area contributed by atoms with Crippen molar-refractivity contribution in [1.82, 2.24) is 5.32 Å². The lowest BCUT2D eigenvalue weighted by Gasteiger charge is -2.13. The van der Waals surface area contributed by atoms with E-state index in [1.54, 1.807) is 12.1 Å². The van der Waals surface area contributed by atoms with Gasteiger partial charge < -0.3 is 10.1 Å². The summed E-state index contributed by atoms with van der Waals surface area (Å²) in [6.07, 6.45) is 1.36. The molecule has 1 N–H and O–H groups in total. The fourth-order valence-corrected chi connectivity index (χ4v) is 1.43. The van der Waals surface area contributed by atoms with E-state index >= 15 is 0 Å². The summed E-state index contributed by atoms with van der Waals surface area (Å²) in [6, 6.07) is 6.28. The Morgan fingerprint density at radius 1 is 1.43 bits per heavy atom. The third-order valence-corrected chi connectivity index (χ3v) is 2.17. The van der Waals surface area contributed by atoms with Crippen LogP contribution in [0.15, 0.2) is 24.3 Å². The Labute approximate surface area is 83.1 Å². The predicted molar refractivity (Wildman–Crippen MR) is 53.7 cm³/mol. The van der Waals surface area contributed by atoms with Gasteiger partial charge in [-0.25, -0.2) is 4.39 Å². The van der Waals surface area contributed by atoms with Crippen molar-refractivity contribution in [2.24, 2.45) is 0 Å². The zero-order valence-corrected chi connectivity index (χ0v) is 8.16. The van der Waals surface area contributed by atoms with Crippen LogP contribution in [0.4, 0.5) is 4.39 Å². The van der Waals surface area contributed by atoms with Gasteiger partial charge in [-0.2, -0.15) is 0 Å². The Kier molecular flexibility index (Phi) is 4.26. The maximum absolute atomic E-state index is 12.6. The highest BCUT2D eigenvalue weighted by atomic mass is 19.1. The molecule has 0 aliphatic carbocycles. The lowest BCUT2D eigenvalue weighted by molar-refractivity contribution is -0.108. The van der Waals surface area contributed by atoms with Crippen LogP contribution in [-0.2, 0) is 4.79 Å². The highest BCUT2D eigenvalue weighted by molar-refractivity contribution is 5.51. The van der Waals surface area contributed by atoms with E-state index in [9.17, 15) is 9.18 Å². The molecule has 2 nitrogen and oxygen atoms in total. The second kappa shape index (κ2) is 5.50. The molecule has 76 valence electrons. The number of hydrogen-bond acceptors (Lipinski definition) is 2. The Bertz CT molecular complexity index is 284. The maximum Gasteiger partial charge on any atom is 0.123 e. The smallest absolute Gasteiger partial charge is 0.123 e. The number of aldehydes is 1. The molecule has 0 saturated heterocycles. The maximum atomic E-state index is 12.6. The first-order valence-corrected chi connectivity index (χ1v) is 4.61. The molecule has 1 unspecified atom stereocenters. The fraction of sp³-hybridized carbons (Fsp3) is 0.364. The zero-order valence-electron chi connectivity index (χ0n) is 8.16. The minimum atomic E-state index is -0.247. The van der Waals surface area contributed by atoms with Crippen molar-refractivity contribution >= 4 is 6.29 Å². The van der Waals surface area contributed by atoms with Gasteiger partial charge in [0.1, 0.15) is 12.1 Å². The van der Waals surface area contributed by atoms with Crippen molar-refractivity contribution < 1.29 is 9.18 Å². The third-order valence-electron chi connectivity index (χ3n) is 2.17. The number of nitrogens with one attached hydrogen (secondary N) is 1. The molecule has 14 heavy (non-hydrogen) atoms. The summed E-state index contributed by atoms with van der Waals surface area (Å²) in [7, 11) is 1.83. The fourth-order valence-electron chi connectivity index (χ4n) is 1.43. The van der Waals surface area contributed by atoms with Crippen LogP contribution in [0.5, 0.6) is 0 Å². The van der Waals surface area contributed by atoms with E-state index in [0.717, 1.165) is 18.4 Å². The third kappa shape index (κ3) is 2.92. The van der Waals surface area contributed by atoms with Gasteiger partial charge in [-0.1, -0.05) is 12.1 Å². The minimum Gasteiger partial charge on any atom is -0.319 e. The van der Waals surface area contributed by atoms with E-state index in [0.29, 0.717) is 6.42 Å². The molecule has 0 aliphatic heterocycles.